The van der Waals surface area contributed by atoms with Gasteiger partial charge in [0.05, 0.1) is 20.6 Å². The molecule has 0 saturated carbocycles. The molecule has 2 aliphatic heterocycles. The van der Waals surface area contributed by atoms with E-state index in [1.807, 2.05) is 19.0 Å². The van der Waals surface area contributed by atoms with Gasteiger partial charge in [0.2, 0.25) is 0 Å². The second kappa shape index (κ2) is 5.38. The Morgan fingerprint density at radius 1 is 1.21 bits per heavy atom. The van der Waals surface area contributed by atoms with Gasteiger partial charge < -0.3 is 14.5 Å². The van der Waals surface area contributed by atoms with Crippen LogP contribution >= 0.6 is 0 Å². The van der Waals surface area contributed by atoms with Gasteiger partial charge in [0.15, 0.2) is 6.04 Å². The Labute approximate surface area is 116 Å². The maximum absolute atomic E-state index is 12.6. The molecular formula is C14H28N3O2+. The summed E-state index contributed by atoms with van der Waals surface area (Å²) < 4.78 is 0.615. The molecule has 5 nitrogen and oxygen atoms in total. The van der Waals surface area contributed by atoms with E-state index in [2.05, 4.69) is 18.7 Å². The van der Waals surface area contributed by atoms with Crippen LogP contribution in [0.15, 0.2) is 0 Å². The molecule has 2 heterocycles. The van der Waals surface area contributed by atoms with E-state index >= 15 is 0 Å². The smallest absolute Gasteiger partial charge is 0.283 e. The van der Waals surface area contributed by atoms with Crippen molar-refractivity contribution in [1.82, 2.24) is 9.80 Å². The molecule has 1 amide bonds. The minimum atomic E-state index is -0.481. The van der Waals surface area contributed by atoms with Gasteiger partial charge in [0.25, 0.3) is 5.91 Å². The third kappa shape index (κ3) is 2.93. The summed E-state index contributed by atoms with van der Waals surface area (Å²) in [6.45, 7) is 8.74. The minimum absolute atomic E-state index is 0.137. The normalized spacial score (nSPS) is 32.0. The van der Waals surface area contributed by atoms with Crippen LogP contribution in [0.2, 0.25) is 0 Å². The molecule has 2 rings (SSSR count). The molecule has 0 aromatic rings. The first-order valence-corrected chi connectivity index (χ1v) is 7.36. The molecular weight excluding hydrogens is 242 g/mol. The highest BCUT2D eigenvalue weighted by Gasteiger charge is 2.48. The van der Waals surface area contributed by atoms with E-state index in [4.69, 9.17) is 0 Å². The number of likely N-dealkylation sites (N-methyl/N-ethyl adjacent to an activating group) is 1. The van der Waals surface area contributed by atoms with Crippen LogP contribution in [-0.4, -0.2) is 90.3 Å². The van der Waals surface area contributed by atoms with E-state index in [1.54, 1.807) is 0 Å². The van der Waals surface area contributed by atoms with Crippen molar-refractivity contribution in [2.24, 2.45) is 0 Å². The zero-order valence-electron chi connectivity index (χ0n) is 12.7. The third-order valence-electron chi connectivity index (χ3n) is 4.73. The summed E-state index contributed by atoms with van der Waals surface area (Å²) in [5, 5.41) is 10.1. The van der Waals surface area contributed by atoms with Gasteiger partial charge in [-0.15, -0.1) is 0 Å². The Kier molecular flexibility index (Phi) is 4.18. The van der Waals surface area contributed by atoms with Crippen molar-refractivity contribution >= 4 is 5.91 Å². The van der Waals surface area contributed by atoms with E-state index < -0.39 is 6.10 Å². The Balaban J connectivity index is 1.98. The number of amides is 1. The number of piperazine rings is 1. The van der Waals surface area contributed by atoms with Crippen molar-refractivity contribution in [2.75, 3.05) is 46.8 Å². The standard InChI is InChI=1S/C14H28N3O2/c1-11(2)15-6-8-16(9-7-15)14(19)13-12(18)5-10-17(13,3)4/h11-13,18H,5-10H2,1-4H3/q+1/t12-,13+/m1/s1. The molecule has 0 aromatic heterocycles. The number of aliphatic hydroxyl groups is 1. The maximum Gasteiger partial charge on any atom is 0.283 e. The summed E-state index contributed by atoms with van der Waals surface area (Å²) in [5.74, 6) is 0.137. The van der Waals surface area contributed by atoms with E-state index in [1.165, 1.54) is 0 Å². The Hall–Kier alpha value is -0.650. The number of carbonyl (C=O) groups is 1. The number of quaternary nitrogens is 1. The predicted molar refractivity (Wildman–Crippen MR) is 74.7 cm³/mol. The summed E-state index contributed by atoms with van der Waals surface area (Å²) in [6.07, 6.45) is 0.251. The number of rotatable bonds is 2. The first-order chi connectivity index (χ1) is 8.83. The molecule has 2 aliphatic rings. The van der Waals surface area contributed by atoms with Gasteiger partial charge in [-0.2, -0.15) is 0 Å². The average Bonchev–Trinajstić information content (AvgIpc) is 2.63. The quantitative estimate of drug-likeness (QED) is 0.704. The van der Waals surface area contributed by atoms with Gasteiger partial charge in [-0.05, 0) is 13.8 Å². The molecule has 0 bridgehead atoms. The third-order valence-corrected chi connectivity index (χ3v) is 4.73. The molecule has 0 radical (unpaired) electrons. The van der Waals surface area contributed by atoms with Crippen molar-refractivity contribution in [3.8, 4) is 0 Å². The van der Waals surface area contributed by atoms with Crippen molar-refractivity contribution in [1.29, 1.82) is 0 Å². The Bertz CT molecular complexity index is 336. The molecule has 0 aliphatic carbocycles. The number of hydrogen-bond acceptors (Lipinski definition) is 3. The molecule has 2 atom stereocenters. The molecule has 2 saturated heterocycles. The zero-order valence-corrected chi connectivity index (χ0v) is 12.7. The molecule has 0 aromatic carbocycles. The van der Waals surface area contributed by atoms with Gasteiger partial charge in [0, 0.05) is 38.6 Å². The maximum atomic E-state index is 12.6. The molecule has 1 N–H and O–H groups in total. The van der Waals surface area contributed by atoms with Crippen LogP contribution in [0.3, 0.4) is 0 Å². The number of likely N-dealkylation sites (tertiary alicyclic amines) is 1. The molecule has 0 spiro atoms. The first kappa shape index (κ1) is 14.8. The molecule has 19 heavy (non-hydrogen) atoms. The van der Waals surface area contributed by atoms with Crippen molar-refractivity contribution in [3.05, 3.63) is 0 Å². The van der Waals surface area contributed by atoms with E-state index in [0.29, 0.717) is 10.5 Å². The monoisotopic (exact) mass is 270 g/mol. The van der Waals surface area contributed by atoms with Crippen LogP contribution in [0.4, 0.5) is 0 Å². The Morgan fingerprint density at radius 3 is 2.21 bits per heavy atom. The van der Waals surface area contributed by atoms with E-state index in [0.717, 1.165) is 39.1 Å². The van der Waals surface area contributed by atoms with Crippen LogP contribution in [-0.2, 0) is 4.79 Å². The van der Waals surface area contributed by atoms with Crippen LogP contribution in [0.1, 0.15) is 20.3 Å². The lowest BCUT2D eigenvalue weighted by Crippen LogP contribution is -2.60. The summed E-state index contributed by atoms with van der Waals surface area (Å²) in [4.78, 5) is 17.0. The minimum Gasteiger partial charge on any atom is -0.386 e. The first-order valence-electron chi connectivity index (χ1n) is 7.36. The van der Waals surface area contributed by atoms with E-state index in [-0.39, 0.29) is 11.9 Å². The van der Waals surface area contributed by atoms with Gasteiger partial charge in [-0.3, -0.25) is 9.69 Å². The fourth-order valence-corrected chi connectivity index (χ4v) is 3.34. The highest BCUT2D eigenvalue weighted by molar-refractivity contribution is 5.81. The topological polar surface area (TPSA) is 43.8 Å². The van der Waals surface area contributed by atoms with Crippen molar-refractivity contribution in [3.63, 3.8) is 0 Å². The highest BCUT2D eigenvalue weighted by Crippen LogP contribution is 2.25. The SMILES string of the molecule is CC(C)N1CCN(C(=O)[C@@H]2[C@H](O)CC[N+]2(C)C)CC1. The highest BCUT2D eigenvalue weighted by atomic mass is 16.3. The van der Waals surface area contributed by atoms with Gasteiger partial charge >= 0.3 is 0 Å². The number of aliphatic hydroxyl groups excluding tert-OH is 1. The number of nitrogens with zero attached hydrogens (tertiary/aromatic N) is 3. The fraction of sp³-hybridized carbons (Fsp3) is 0.929. The summed E-state index contributed by atoms with van der Waals surface area (Å²) >= 11 is 0. The van der Waals surface area contributed by atoms with Gasteiger partial charge in [-0.25, -0.2) is 0 Å². The van der Waals surface area contributed by atoms with E-state index in [9.17, 15) is 9.90 Å². The number of carbonyl (C=O) groups excluding carboxylic acids is 1. The molecule has 0 unspecified atom stereocenters. The zero-order chi connectivity index (χ0) is 14.2. The number of hydrogen-bond donors (Lipinski definition) is 1. The lowest BCUT2D eigenvalue weighted by molar-refractivity contribution is -0.895. The van der Waals surface area contributed by atoms with Crippen LogP contribution in [0.5, 0.6) is 0 Å². The lowest BCUT2D eigenvalue weighted by atomic mass is 10.1. The van der Waals surface area contributed by atoms with Crippen molar-refractivity contribution < 1.29 is 14.4 Å². The van der Waals surface area contributed by atoms with Crippen LogP contribution < -0.4 is 0 Å². The summed E-state index contributed by atoms with van der Waals surface area (Å²) in [5.41, 5.74) is 0. The van der Waals surface area contributed by atoms with Crippen LogP contribution in [0, 0.1) is 0 Å². The average molecular weight is 270 g/mol. The van der Waals surface area contributed by atoms with Crippen LogP contribution in [0.25, 0.3) is 0 Å². The molecule has 5 heteroatoms. The summed E-state index contributed by atoms with van der Waals surface area (Å²) in [7, 11) is 4.09. The van der Waals surface area contributed by atoms with Crippen molar-refractivity contribution in [2.45, 2.75) is 38.5 Å². The molecule has 2 fully saturated rings. The fourth-order valence-electron chi connectivity index (χ4n) is 3.34. The predicted octanol–water partition coefficient (Wildman–Crippen LogP) is -0.251. The second-order valence-electron chi connectivity index (χ2n) is 6.76. The molecule has 110 valence electrons. The van der Waals surface area contributed by atoms with Gasteiger partial charge in [0.1, 0.15) is 6.10 Å². The lowest BCUT2D eigenvalue weighted by Gasteiger charge is -2.40. The summed E-state index contributed by atoms with van der Waals surface area (Å²) in [6, 6.07) is 0.271. The largest absolute Gasteiger partial charge is 0.386 e. The van der Waals surface area contributed by atoms with Gasteiger partial charge in [-0.1, -0.05) is 0 Å². The Morgan fingerprint density at radius 2 is 1.79 bits per heavy atom. The second-order valence-corrected chi connectivity index (χ2v) is 6.76.